The van der Waals surface area contributed by atoms with Gasteiger partial charge in [-0.15, -0.1) is 0 Å². The minimum Gasteiger partial charge on any atom is -0.356 e. The summed E-state index contributed by atoms with van der Waals surface area (Å²) in [4.78, 5) is 0. The van der Waals surface area contributed by atoms with Crippen molar-refractivity contribution in [2.24, 2.45) is 0 Å². The molecule has 0 atom stereocenters. The molecule has 0 spiro atoms. The number of benzene rings is 2. The Morgan fingerprint density at radius 3 is 2.10 bits per heavy atom. The van der Waals surface area contributed by atoms with Crippen molar-refractivity contribution < 1.29 is 4.52 Å². The van der Waals surface area contributed by atoms with Gasteiger partial charge in [0.15, 0.2) is 5.76 Å². The van der Waals surface area contributed by atoms with Gasteiger partial charge in [0.2, 0.25) is 0 Å². The summed E-state index contributed by atoms with van der Waals surface area (Å²) in [5.74, 6) is 0.797. The Bertz CT molecular complexity index is 718. The molecule has 2 heteroatoms. The van der Waals surface area contributed by atoms with E-state index in [0.29, 0.717) is 0 Å². The molecule has 1 heterocycles. The van der Waals surface area contributed by atoms with Gasteiger partial charge in [0.25, 0.3) is 0 Å². The summed E-state index contributed by atoms with van der Waals surface area (Å²) in [6.07, 6.45) is 0. The molecule has 1 aromatic heterocycles. The van der Waals surface area contributed by atoms with Crippen molar-refractivity contribution in [3.05, 3.63) is 66.2 Å². The van der Waals surface area contributed by atoms with E-state index in [1.165, 1.54) is 5.56 Å². The molecule has 3 aromatic rings. The van der Waals surface area contributed by atoms with Crippen LogP contribution in [0.3, 0.4) is 0 Å². The van der Waals surface area contributed by atoms with Crippen molar-refractivity contribution in [3.8, 4) is 22.6 Å². The lowest BCUT2D eigenvalue weighted by molar-refractivity contribution is 0.435. The molecular formula is C19H19NO. The highest BCUT2D eigenvalue weighted by Gasteiger charge is 2.14. The second-order valence-electron chi connectivity index (χ2n) is 6.27. The lowest BCUT2D eigenvalue weighted by Crippen LogP contribution is -2.10. The molecule has 2 aromatic carbocycles. The van der Waals surface area contributed by atoms with E-state index >= 15 is 0 Å². The molecule has 106 valence electrons. The van der Waals surface area contributed by atoms with Crippen LogP contribution in [0.15, 0.2) is 65.2 Å². The number of hydrogen-bond donors (Lipinski definition) is 0. The van der Waals surface area contributed by atoms with Crippen molar-refractivity contribution in [2.45, 2.75) is 26.2 Å². The van der Waals surface area contributed by atoms with Gasteiger partial charge in [-0.1, -0.05) is 80.5 Å². The van der Waals surface area contributed by atoms with Gasteiger partial charge in [0, 0.05) is 17.2 Å². The third kappa shape index (κ3) is 2.89. The van der Waals surface area contributed by atoms with Crippen LogP contribution in [0.25, 0.3) is 22.6 Å². The van der Waals surface area contributed by atoms with Gasteiger partial charge in [0.05, 0.1) is 0 Å². The highest BCUT2D eigenvalue weighted by Crippen LogP contribution is 2.28. The van der Waals surface area contributed by atoms with E-state index < -0.39 is 0 Å². The maximum Gasteiger partial charge on any atom is 0.167 e. The molecule has 3 rings (SSSR count). The van der Waals surface area contributed by atoms with Crippen LogP contribution < -0.4 is 0 Å². The van der Waals surface area contributed by atoms with Crippen LogP contribution in [-0.2, 0) is 5.41 Å². The van der Waals surface area contributed by atoms with Crippen LogP contribution in [0.2, 0.25) is 0 Å². The third-order valence-electron chi connectivity index (χ3n) is 3.62. The fourth-order valence-corrected chi connectivity index (χ4v) is 2.29. The quantitative estimate of drug-likeness (QED) is 0.634. The summed E-state index contributed by atoms with van der Waals surface area (Å²) in [5, 5.41) is 4.18. The smallest absolute Gasteiger partial charge is 0.167 e. The first-order valence-electron chi connectivity index (χ1n) is 7.17. The molecule has 0 radical (unpaired) electrons. The topological polar surface area (TPSA) is 26.0 Å². The van der Waals surface area contributed by atoms with Crippen molar-refractivity contribution in [3.63, 3.8) is 0 Å². The summed E-state index contributed by atoms with van der Waals surface area (Å²) >= 11 is 0. The molecule has 0 saturated carbocycles. The zero-order valence-electron chi connectivity index (χ0n) is 12.6. The van der Waals surface area contributed by atoms with Crippen molar-refractivity contribution in [1.82, 2.24) is 5.16 Å². The van der Waals surface area contributed by atoms with E-state index in [0.717, 1.165) is 22.6 Å². The highest BCUT2D eigenvalue weighted by atomic mass is 16.5. The van der Waals surface area contributed by atoms with Crippen LogP contribution in [0.4, 0.5) is 0 Å². The van der Waals surface area contributed by atoms with Gasteiger partial charge in [-0.3, -0.25) is 0 Å². The summed E-state index contributed by atoms with van der Waals surface area (Å²) in [5.41, 5.74) is 4.47. The van der Waals surface area contributed by atoms with Gasteiger partial charge in [0.1, 0.15) is 5.69 Å². The maximum absolute atomic E-state index is 5.45. The lowest BCUT2D eigenvalue weighted by atomic mass is 9.86. The molecule has 0 unspecified atom stereocenters. The van der Waals surface area contributed by atoms with Crippen LogP contribution in [-0.4, -0.2) is 5.16 Å². The molecular weight excluding hydrogens is 258 g/mol. The van der Waals surface area contributed by atoms with E-state index in [2.05, 4.69) is 50.2 Å². The molecule has 0 saturated heterocycles. The van der Waals surface area contributed by atoms with Crippen molar-refractivity contribution in [2.75, 3.05) is 0 Å². The Morgan fingerprint density at radius 1 is 0.810 bits per heavy atom. The summed E-state index contributed by atoms with van der Waals surface area (Å²) < 4.78 is 5.45. The Kier molecular flexibility index (Phi) is 3.38. The second-order valence-corrected chi connectivity index (χ2v) is 6.27. The molecule has 0 aliphatic rings. The minimum atomic E-state index is 0.164. The molecule has 0 N–H and O–H groups in total. The largest absolute Gasteiger partial charge is 0.356 e. The van der Waals surface area contributed by atoms with E-state index in [1.54, 1.807) is 0 Å². The molecule has 0 aliphatic carbocycles. The monoisotopic (exact) mass is 277 g/mol. The highest BCUT2D eigenvalue weighted by molar-refractivity contribution is 5.66. The molecule has 2 nitrogen and oxygen atoms in total. The molecule has 0 aliphatic heterocycles. The van der Waals surface area contributed by atoms with Crippen LogP contribution in [0.5, 0.6) is 0 Å². The first-order chi connectivity index (χ1) is 10.0. The first kappa shape index (κ1) is 13.6. The standard InChI is InChI=1S/C19H19NO/c1-19(2,3)16-11-9-14(10-12-16)17-13-18(21-20-17)15-7-5-4-6-8-15/h4-13H,1-3H3. The van der Waals surface area contributed by atoms with Crippen molar-refractivity contribution in [1.29, 1.82) is 0 Å². The fourth-order valence-electron chi connectivity index (χ4n) is 2.29. The van der Waals surface area contributed by atoms with Gasteiger partial charge >= 0.3 is 0 Å². The fraction of sp³-hybridized carbons (Fsp3) is 0.211. The molecule has 21 heavy (non-hydrogen) atoms. The zero-order valence-corrected chi connectivity index (χ0v) is 12.6. The van der Waals surface area contributed by atoms with Gasteiger partial charge < -0.3 is 4.52 Å². The van der Waals surface area contributed by atoms with Gasteiger partial charge in [-0.2, -0.15) is 0 Å². The SMILES string of the molecule is CC(C)(C)c1ccc(-c2cc(-c3ccccc3)on2)cc1. The van der Waals surface area contributed by atoms with E-state index in [-0.39, 0.29) is 5.41 Å². The normalized spacial score (nSPS) is 11.6. The predicted molar refractivity (Wildman–Crippen MR) is 86.1 cm³/mol. The summed E-state index contributed by atoms with van der Waals surface area (Å²) in [6, 6.07) is 20.5. The van der Waals surface area contributed by atoms with E-state index in [4.69, 9.17) is 4.52 Å². The molecule has 0 amide bonds. The average molecular weight is 277 g/mol. The molecule has 0 fully saturated rings. The number of hydrogen-bond acceptors (Lipinski definition) is 2. The van der Waals surface area contributed by atoms with Crippen LogP contribution in [0.1, 0.15) is 26.3 Å². The number of nitrogens with zero attached hydrogens (tertiary/aromatic N) is 1. The Balaban J connectivity index is 1.90. The minimum absolute atomic E-state index is 0.164. The number of aromatic nitrogens is 1. The Morgan fingerprint density at radius 2 is 1.48 bits per heavy atom. The average Bonchev–Trinajstić information content (AvgIpc) is 2.97. The summed E-state index contributed by atoms with van der Waals surface area (Å²) in [6.45, 7) is 6.64. The molecule has 0 bridgehead atoms. The Labute approximate surface area is 125 Å². The van der Waals surface area contributed by atoms with Crippen LogP contribution in [0, 0.1) is 0 Å². The van der Waals surface area contributed by atoms with Crippen molar-refractivity contribution >= 4 is 0 Å². The van der Waals surface area contributed by atoms with Crippen LogP contribution >= 0.6 is 0 Å². The third-order valence-corrected chi connectivity index (χ3v) is 3.62. The lowest BCUT2D eigenvalue weighted by Gasteiger charge is -2.18. The van der Waals surface area contributed by atoms with E-state index in [9.17, 15) is 0 Å². The van der Waals surface area contributed by atoms with E-state index in [1.807, 2.05) is 36.4 Å². The second kappa shape index (κ2) is 5.21. The van der Waals surface area contributed by atoms with Gasteiger partial charge in [-0.05, 0) is 11.0 Å². The Hall–Kier alpha value is -2.35. The predicted octanol–water partition coefficient (Wildman–Crippen LogP) is 5.31. The summed E-state index contributed by atoms with van der Waals surface area (Å²) in [7, 11) is 0. The number of rotatable bonds is 2. The zero-order chi connectivity index (χ0) is 14.9. The van der Waals surface area contributed by atoms with Gasteiger partial charge in [-0.25, -0.2) is 0 Å². The first-order valence-corrected chi connectivity index (χ1v) is 7.17. The maximum atomic E-state index is 5.45.